The van der Waals surface area contributed by atoms with Crippen LogP contribution in [0.5, 0.6) is 0 Å². The number of hydrogen-bond acceptors (Lipinski definition) is 3. The zero-order valence-electron chi connectivity index (χ0n) is 11.4. The third-order valence-corrected chi connectivity index (χ3v) is 5.29. The molecule has 0 aliphatic heterocycles. The Morgan fingerprint density at radius 3 is 2.11 bits per heavy atom. The molecule has 1 rings (SSSR count). The number of sulfone groups is 1. The molecule has 0 aromatic heterocycles. The molecule has 1 atom stereocenters. The van der Waals surface area contributed by atoms with Crippen LogP contribution in [0.15, 0.2) is 29.2 Å². The van der Waals surface area contributed by atoms with Gasteiger partial charge in [0.2, 0.25) is 0 Å². The highest BCUT2D eigenvalue weighted by Crippen LogP contribution is 2.18. The van der Waals surface area contributed by atoms with Crippen molar-refractivity contribution in [1.82, 2.24) is 0 Å². The lowest BCUT2D eigenvalue weighted by molar-refractivity contribution is 0.538. The van der Waals surface area contributed by atoms with E-state index in [-0.39, 0.29) is 5.25 Å². The largest absolute Gasteiger partial charge is 0.330 e. The van der Waals surface area contributed by atoms with Gasteiger partial charge in [-0.15, -0.1) is 0 Å². The number of hydrogen-bond donors (Lipinski definition) is 1. The van der Waals surface area contributed by atoms with Gasteiger partial charge in [-0.1, -0.05) is 19.1 Å². The molecule has 0 saturated carbocycles. The number of nitrogens with two attached hydrogens (primary N) is 1. The first-order chi connectivity index (χ1) is 8.37. The zero-order valence-corrected chi connectivity index (χ0v) is 12.2. The van der Waals surface area contributed by atoms with Crippen LogP contribution in [0.4, 0.5) is 0 Å². The molecule has 102 valence electrons. The van der Waals surface area contributed by atoms with E-state index >= 15 is 0 Å². The van der Waals surface area contributed by atoms with Crippen LogP contribution in [0, 0.1) is 5.92 Å². The lowest BCUT2D eigenvalue weighted by Crippen LogP contribution is -2.14. The van der Waals surface area contributed by atoms with Crippen molar-refractivity contribution in [3.8, 4) is 0 Å². The molecule has 0 radical (unpaired) electrons. The van der Waals surface area contributed by atoms with Gasteiger partial charge in [0.25, 0.3) is 0 Å². The normalized spacial score (nSPS) is 13.8. The SMILES string of the molecule is CC(CCN)Cc1ccc(S(=O)(=O)C(C)C)cc1. The van der Waals surface area contributed by atoms with Crippen LogP contribution in [0.2, 0.25) is 0 Å². The second-order valence-electron chi connectivity index (χ2n) is 5.12. The Hall–Kier alpha value is -0.870. The summed E-state index contributed by atoms with van der Waals surface area (Å²) in [6.07, 6.45) is 1.94. The van der Waals surface area contributed by atoms with Crippen LogP contribution < -0.4 is 5.73 Å². The molecule has 1 unspecified atom stereocenters. The van der Waals surface area contributed by atoms with Crippen LogP contribution >= 0.6 is 0 Å². The van der Waals surface area contributed by atoms with Crippen LogP contribution in [-0.4, -0.2) is 20.2 Å². The van der Waals surface area contributed by atoms with E-state index in [1.165, 1.54) is 5.56 Å². The molecule has 0 aliphatic carbocycles. The Morgan fingerprint density at radius 2 is 1.67 bits per heavy atom. The predicted octanol–water partition coefficient (Wildman–Crippen LogP) is 2.40. The molecule has 0 fully saturated rings. The van der Waals surface area contributed by atoms with E-state index in [4.69, 9.17) is 5.73 Å². The Balaban J connectivity index is 2.81. The molecule has 4 heteroatoms. The van der Waals surface area contributed by atoms with Gasteiger partial charge in [-0.2, -0.15) is 0 Å². The molecule has 2 N–H and O–H groups in total. The fourth-order valence-corrected chi connectivity index (χ4v) is 2.94. The number of rotatable bonds is 6. The molecule has 1 aromatic rings. The maximum absolute atomic E-state index is 12.0. The van der Waals surface area contributed by atoms with Gasteiger partial charge in [0.05, 0.1) is 10.1 Å². The van der Waals surface area contributed by atoms with Crippen molar-refractivity contribution in [2.45, 2.75) is 43.8 Å². The minimum Gasteiger partial charge on any atom is -0.330 e. The predicted molar refractivity (Wildman–Crippen MR) is 75.3 cm³/mol. The summed E-state index contributed by atoms with van der Waals surface area (Å²) in [5, 5.41) is -0.375. The third kappa shape index (κ3) is 3.82. The number of benzene rings is 1. The summed E-state index contributed by atoms with van der Waals surface area (Å²) in [4.78, 5) is 0.410. The van der Waals surface area contributed by atoms with Gasteiger partial charge in [-0.3, -0.25) is 0 Å². The van der Waals surface area contributed by atoms with Gasteiger partial charge in [0.1, 0.15) is 0 Å². The maximum Gasteiger partial charge on any atom is 0.180 e. The topological polar surface area (TPSA) is 60.2 Å². The lowest BCUT2D eigenvalue weighted by Gasteiger charge is -2.11. The standard InChI is InChI=1S/C14H23NO2S/c1-11(2)18(16,17)14-6-4-13(5-7-14)10-12(3)8-9-15/h4-7,11-12H,8-10,15H2,1-3H3. The highest BCUT2D eigenvalue weighted by Gasteiger charge is 2.18. The molecular weight excluding hydrogens is 246 g/mol. The molecule has 3 nitrogen and oxygen atoms in total. The highest BCUT2D eigenvalue weighted by molar-refractivity contribution is 7.92. The van der Waals surface area contributed by atoms with E-state index in [9.17, 15) is 8.42 Å². The average Bonchev–Trinajstić information content (AvgIpc) is 2.29. The first kappa shape index (κ1) is 15.2. The molecule has 18 heavy (non-hydrogen) atoms. The van der Waals surface area contributed by atoms with E-state index in [0.29, 0.717) is 17.4 Å². The first-order valence-electron chi connectivity index (χ1n) is 6.40. The van der Waals surface area contributed by atoms with Crippen LogP contribution in [0.3, 0.4) is 0 Å². The minimum atomic E-state index is -3.15. The molecule has 0 heterocycles. The van der Waals surface area contributed by atoms with Crippen molar-refractivity contribution in [2.75, 3.05) is 6.54 Å². The van der Waals surface area contributed by atoms with Crippen LogP contribution in [0.1, 0.15) is 32.8 Å². The van der Waals surface area contributed by atoms with Crippen LogP contribution in [0.25, 0.3) is 0 Å². The summed E-state index contributed by atoms with van der Waals surface area (Å²) in [5.41, 5.74) is 6.68. The minimum absolute atomic E-state index is 0.375. The van der Waals surface area contributed by atoms with Crippen molar-refractivity contribution >= 4 is 9.84 Å². The smallest absolute Gasteiger partial charge is 0.180 e. The van der Waals surface area contributed by atoms with E-state index in [0.717, 1.165) is 12.8 Å². The average molecular weight is 269 g/mol. The third-order valence-electron chi connectivity index (χ3n) is 3.12. The molecule has 0 spiro atoms. The van der Waals surface area contributed by atoms with E-state index in [2.05, 4.69) is 6.92 Å². The summed E-state index contributed by atoms with van der Waals surface area (Å²) < 4.78 is 23.9. The summed E-state index contributed by atoms with van der Waals surface area (Å²) in [5.74, 6) is 0.530. The lowest BCUT2D eigenvalue weighted by atomic mass is 9.98. The van der Waals surface area contributed by atoms with Crippen molar-refractivity contribution in [3.63, 3.8) is 0 Å². The van der Waals surface area contributed by atoms with Gasteiger partial charge >= 0.3 is 0 Å². The second kappa shape index (κ2) is 6.34. The Morgan fingerprint density at radius 1 is 1.11 bits per heavy atom. The summed E-state index contributed by atoms with van der Waals surface area (Å²) in [7, 11) is -3.15. The quantitative estimate of drug-likeness (QED) is 0.862. The molecule has 0 saturated heterocycles. The Bertz CT molecular complexity index is 463. The summed E-state index contributed by atoms with van der Waals surface area (Å²) in [6.45, 7) is 6.26. The van der Waals surface area contributed by atoms with Gasteiger partial charge in [-0.25, -0.2) is 8.42 Å². The Kier molecular flexibility index (Phi) is 5.35. The van der Waals surface area contributed by atoms with Crippen molar-refractivity contribution in [1.29, 1.82) is 0 Å². The molecule has 1 aromatic carbocycles. The zero-order chi connectivity index (χ0) is 13.8. The first-order valence-corrected chi connectivity index (χ1v) is 7.95. The maximum atomic E-state index is 12.0. The molecule has 0 aliphatic rings. The van der Waals surface area contributed by atoms with E-state index < -0.39 is 9.84 Å². The van der Waals surface area contributed by atoms with Crippen molar-refractivity contribution < 1.29 is 8.42 Å². The van der Waals surface area contributed by atoms with Crippen molar-refractivity contribution in [2.24, 2.45) is 11.7 Å². The fourth-order valence-electron chi connectivity index (χ4n) is 1.88. The van der Waals surface area contributed by atoms with Gasteiger partial charge in [-0.05, 0) is 56.8 Å². The van der Waals surface area contributed by atoms with Gasteiger partial charge < -0.3 is 5.73 Å². The van der Waals surface area contributed by atoms with Gasteiger partial charge in [0, 0.05) is 0 Å². The molecule has 0 bridgehead atoms. The molecule has 0 amide bonds. The monoisotopic (exact) mass is 269 g/mol. The summed E-state index contributed by atoms with van der Waals surface area (Å²) in [6, 6.07) is 7.23. The van der Waals surface area contributed by atoms with Crippen LogP contribution in [-0.2, 0) is 16.3 Å². The van der Waals surface area contributed by atoms with E-state index in [1.807, 2.05) is 12.1 Å². The van der Waals surface area contributed by atoms with Gasteiger partial charge in [0.15, 0.2) is 9.84 Å². The fraction of sp³-hybridized carbons (Fsp3) is 0.571. The van der Waals surface area contributed by atoms with E-state index in [1.54, 1.807) is 26.0 Å². The molecular formula is C14H23NO2S. The Labute approximate surface area is 110 Å². The van der Waals surface area contributed by atoms with Crippen molar-refractivity contribution in [3.05, 3.63) is 29.8 Å². The second-order valence-corrected chi connectivity index (χ2v) is 7.63. The highest BCUT2D eigenvalue weighted by atomic mass is 32.2. The summed E-state index contributed by atoms with van der Waals surface area (Å²) >= 11 is 0.